The van der Waals surface area contributed by atoms with E-state index < -0.39 is 17.3 Å². The average Bonchev–Trinajstić information content (AvgIpc) is 3.03. The Morgan fingerprint density at radius 2 is 1.97 bits per heavy atom. The minimum atomic E-state index is -2.66. The van der Waals surface area contributed by atoms with Crippen molar-refractivity contribution in [3.8, 4) is 11.4 Å². The smallest absolute Gasteiger partial charge is 0.354 e. The number of aromatic carboxylic acids is 1. The number of hydrogen-bond donors (Lipinski definition) is 1. The van der Waals surface area contributed by atoms with Crippen molar-refractivity contribution < 1.29 is 23.4 Å². The number of carbonyl (C=O) groups is 1. The molecule has 8 heteroatoms. The molecule has 162 valence electrons. The Balaban J connectivity index is 1.63. The number of fused-ring (bicyclic) bond motifs is 1. The fraction of sp³-hybridized carbons (Fsp3) is 0.435. The molecule has 2 fully saturated rings. The molecule has 3 aromatic rings. The fourth-order valence-corrected chi connectivity index (χ4v) is 4.60. The van der Waals surface area contributed by atoms with Crippen LogP contribution in [0.5, 0.6) is 5.75 Å². The van der Waals surface area contributed by atoms with Crippen LogP contribution in [0.15, 0.2) is 36.4 Å². The number of carboxylic acid groups (broad SMARTS) is 1. The Kier molecular flexibility index (Phi) is 4.50. The molecule has 2 saturated carbocycles. The lowest BCUT2D eigenvalue weighted by Crippen LogP contribution is -2.47. The first-order valence-electron chi connectivity index (χ1n) is 10.5. The van der Waals surface area contributed by atoms with Crippen molar-refractivity contribution in [3.05, 3.63) is 47.8 Å². The Bertz CT molecular complexity index is 1150. The van der Waals surface area contributed by atoms with Gasteiger partial charge in [0.05, 0.1) is 23.4 Å². The van der Waals surface area contributed by atoms with Gasteiger partial charge in [-0.25, -0.2) is 23.2 Å². The molecule has 0 bridgehead atoms. The largest absolute Gasteiger partial charge is 0.492 e. The Labute approximate surface area is 177 Å². The third-order valence-electron chi connectivity index (χ3n) is 6.29. The summed E-state index contributed by atoms with van der Waals surface area (Å²) < 4.78 is 34.6. The van der Waals surface area contributed by atoms with E-state index in [1.807, 2.05) is 30.3 Å². The number of ether oxygens (including phenoxy) is 1. The normalized spacial score (nSPS) is 19.6. The number of hydrogen-bond acceptors (Lipinski definition) is 4. The summed E-state index contributed by atoms with van der Waals surface area (Å²) in [7, 11) is 0. The zero-order valence-corrected chi connectivity index (χ0v) is 17.1. The molecule has 0 atom stereocenters. The van der Waals surface area contributed by atoms with Gasteiger partial charge < -0.3 is 9.84 Å². The van der Waals surface area contributed by atoms with Crippen LogP contribution in [0.2, 0.25) is 0 Å². The van der Waals surface area contributed by atoms with Crippen LogP contribution in [0.3, 0.4) is 0 Å². The van der Waals surface area contributed by atoms with Gasteiger partial charge in [-0.2, -0.15) is 5.10 Å². The maximum Gasteiger partial charge on any atom is 0.354 e. The summed E-state index contributed by atoms with van der Waals surface area (Å²) in [6.45, 7) is 1.85. The van der Waals surface area contributed by atoms with Crippen LogP contribution >= 0.6 is 0 Å². The van der Waals surface area contributed by atoms with E-state index in [9.17, 15) is 18.7 Å². The minimum Gasteiger partial charge on any atom is -0.492 e. The maximum atomic E-state index is 13.4. The number of aromatic nitrogens is 3. The molecule has 2 aromatic heterocycles. The van der Waals surface area contributed by atoms with Crippen LogP contribution in [0.1, 0.15) is 61.1 Å². The Morgan fingerprint density at radius 1 is 1.26 bits per heavy atom. The van der Waals surface area contributed by atoms with Crippen molar-refractivity contribution in [2.75, 3.05) is 6.61 Å². The van der Waals surface area contributed by atoms with Gasteiger partial charge in [0.25, 0.3) is 0 Å². The molecule has 0 saturated heterocycles. The molecule has 2 heterocycles. The van der Waals surface area contributed by atoms with Gasteiger partial charge >= 0.3 is 5.97 Å². The lowest BCUT2D eigenvalue weighted by molar-refractivity contribution is -0.164. The average molecular weight is 427 g/mol. The van der Waals surface area contributed by atoms with E-state index in [4.69, 9.17) is 9.84 Å². The molecule has 31 heavy (non-hydrogen) atoms. The number of carboxylic acids is 1. The van der Waals surface area contributed by atoms with E-state index in [0.29, 0.717) is 16.8 Å². The molecule has 1 N–H and O–H groups in total. The van der Waals surface area contributed by atoms with Crippen LogP contribution in [0.25, 0.3) is 16.7 Å². The lowest BCUT2D eigenvalue weighted by Gasteiger charge is -2.44. The zero-order chi connectivity index (χ0) is 21.8. The predicted molar refractivity (Wildman–Crippen MR) is 110 cm³/mol. The standard InChI is InChI=1S/C23H23F2N3O3/c1-22(11-23(24,25)12-22)13-31-17-10-16(21(29)30)26-20-18(17)19(14-6-5-7-14)27-28(20)15-8-3-2-4-9-15/h2-4,8-10,14H,5-7,11-13H2,1H3,(H,29,30). The number of para-hydroxylation sites is 1. The van der Waals surface area contributed by atoms with Gasteiger partial charge in [-0.05, 0) is 25.0 Å². The molecule has 5 rings (SSSR count). The summed E-state index contributed by atoms with van der Waals surface area (Å²) in [4.78, 5) is 16.1. The number of alkyl halides is 2. The number of rotatable bonds is 6. The van der Waals surface area contributed by atoms with E-state index >= 15 is 0 Å². The quantitative estimate of drug-likeness (QED) is 0.585. The van der Waals surface area contributed by atoms with Crippen molar-refractivity contribution in [1.29, 1.82) is 0 Å². The first-order valence-corrected chi connectivity index (χ1v) is 10.5. The first-order chi connectivity index (χ1) is 14.7. The van der Waals surface area contributed by atoms with Crippen LogP contribution in [0.4, 0.5) is 8.78 Å². The second-order valence-corrected chi connectivity index (χ2v) is 9.08. The third kappa shape index (κ3) is 3.54. The van der Waals surface area contributed by atoms with E-state index in [2.05, 4.69) is 4.98 Å². The Morgan fingerprint density at radius 3 is 2.55 bits per heavy atom. The molecular formula is C23H23F2N3O3. The predicted octanol–water partition coefficient (Wildman–Crippen LogP) is 5.20. The molecule has 2 aliphatic carbocycles. The van der Waals surface area contributed by atoms with E-state index in [1.54, 1.807) is 11.6 Å². The van der Waals surface area contributed by atoms with Crippen LogP contribution in [-0.2, 0) is 0 Å². The third-order valence-corrected chi connectivity index (χ3v) is 6.29. The van der Waals surface area contributed by atoms with Crippen molar-refractivity contribution in [2.24, 2.45) is 5.41 Å². The summed E-state index contributed by atoms with van der Waals surface area (Å²) in [5.74, 6) is -3.24. The molecule has 2 aliphatic rings. The van der Waals surface area contributed by atoms with Crippen molar-refractivity contribution >= 4 is 17.0 Å². The van der Waals surface area contributed by atoms with Crippen LogP contribution in [-0.4, -0.2) is 38.4 Å². The Hall–Kier alpha value is -3.03. The molecule has 0 aliphatic heterocycles. The first kappa shape index (κ1) is 19.9. The second-order valence-electron chi connectivity index (χ2n) is 9.08. The van der Waals surface area contributed by atoms with Gasteiger partial charge in [0, 0.05) is 30.2 Å². The number of halogens is 2. The van der Waals surface area contributed by atoms with Crippen LogP contribution in [0, 0.1) is 5.41 Å². The molecule has 6 nitrogen and oxygen atoms in total. The summed E-state index contributed by atoms with van der Waals surface area (Å²) in [5.41, 5.74) is 1.20. The highest BCUT2D eigenvalue weighted by atomic mass is 19.3. The highest BCUT2D eigenvalue weighted by molar-refractivity contribution is 5.94. The van der Waals surface area contributed by atoms with Gasteiger partial charge in [0.1, 0.15) is 5.75 Å². The van der Waals surface area contributed by atoms with E-state index in [0.717, 1.165) is 30.6 Å². The lowest BCUT2D eigenvalue weighted by atomic mass is 9.68. The van der Waals surface area contributed by atoms with Gasteiger partial charge in [-0.15, -0.1) is 0 Å². The highest BCUT2D eigenvalue weighted by Gasteiger charge is 2.54. The summed E-state index contributed by atoms with van der Waals surface area (Å²) >= 11 is 0. The number of benzene rings is 1. The fourth-order valence-electron chi connectivity index (χ4n) is 4.60. The summed E-state index contributed by atoms with van der Waals surface area (Å²) in [5, 5.41) is 15.1. The van der Waals surface area contributed by atoms with Crippen molar-refractivity contribution in [1.82, 2.24) is 14.8 Å². The SMILES string of the molecule is CC1(COc2cc(C(=O)O)nc3c2c(C2CCC2)nn3-c2ccccc2)CC(F)(F)C1. The van der Waals surface area contributed by atoms with Crippen molar-refractivity contribution in [3.63, 3.8) is 0 Å². The molecular weight excluding hydrogens is 404 g/mol. The molecule has 0 radical (unpaired) electrons. The van der Waals surface area contributed by atoms with Gasteiger partial charge in [0.15, 0.2) is 11.3 Å². The van der Waals surface area contributed by atoms with Gasteiger partial charge in [-0.1, -0.05) is 31.5 Å². The summed E-state index contributed by atoms with van der Waals surface area (Å²) in [6.07, 6.45) is 2.61. The monoisotopic (exact) mass is 427 g/mol. The topological polar surface area (TPSA) is 77.2 Å². The number of nitrogens with zero attached hydrogens (tertiary/aromatic N) is 3. The van der Waals surface area contributed by atoms with Gasteiger partial charge in [-0.3, -0.25) is 0 Å². The van der Waals surface area contributed by atoms with Gasteiger partial charge in [0.2, 0.25) is 5.92 Å². The molecule has 0 unspecified atom stereocenters. The highest BCUT2D eigenvalue weighted by Crippen LogP contribution is 2.52. The zero-order valence-electron chi connectivity index (χ0n) is 17.1. The van der Waals surface area contributed by atoms with E-state index in [-0.39, 0.29) is 31.1 Å². The van der Waals surface area contributed by atoms with E-state index in [1.165, 1.54) is 6.07 Å². The maximum absolute atomic E-state index is 13.4. The molecule has 0 spiro atoms. The summed E-state index contributed by atoms with van der Waals surface area (Å²) in [6, 6.07) is 10.8. The second kappa shape index (κ2) is 7.00. The minimum absolute atomic E-state index is 0.0847. The molecule has 0 amide bonds. The van der Waals surface area contributed by atoms with Crippen molar-refractivity contribution in [2.45, 2.75) is 50.9 Å². The molecule has 1 aromatic carbocycles. The van der Waals surface area contributed by atoms with Crippen LogP contribution < -0.4 is 4.74 Å². The number of pyridine rings is 1.